The smallest absolute Gasteiger partial charge is 0.324 e. The Morgan fingerprint density at radius 2 is 2.53 bits per heavy atom. The molecule has 1 aliphatic rings. The second-order valence-corrected chi connectivity index (χ2v) is 4.85. The van der Waals surface area contributed by atoms with Gasteiger partial charge in [-0.15, -0.1) is 0 Å². The first-order valence-electron chi connectivity index (χ1n) is 4.67. The largest absolute Gasteiger partial charge is 0.396 e. The van der Waals surface area contributed by atoms with Crippen molar-refractivity contribution < 1.29 is 10.0 Å². The molecule has 1 fully saturated rings. The first-order chi connectivity index (χ1) is 7.13. The Hall–Kier alpha value is -0.980. The molecule has 1 heterocycles. The molecule has 1 aromatic rings. The van der Waals surface area contributed by atoms with Crippen LogP contribution in [0.5, 0.6) is 0 Å². The van der Waals surface area contributed by atoms with Gasteiger partial charge in [0.25, 0.3) is 0 Å². The summed E-state index contributed by atoms with van der Waals surface area (Å²) in [6, 6.07) is 1.59. The van der Waals surface area contributed by atoms with Gasteiger partial charge in [-0.2, -0.15) is 0 Å². The number of hydrogen-bond donors (Lipinski definition) is 2. The first kappa shape index (κ1) is 10.5. The fourth-order valence-corrected chi connectivity index (χ4v) is 2.68. The maximum Gasteiger partial charge on any atom is 0.324 e. The highest BCUT2D eigenvalue weighted by Crippen LogP contribution is 2.59. The van der Waals surface area contributed by atoms with Crippen molar-refractivity contribution in [3.8, 4) is 0 Å². The minimum Gasteiger partial charge on any atom is -0.396 e. The molecule has 0 aromatic carbocycles. The molecule has 5 nitrogen and oxygen atoms in total. The van der Waals surface area contributed by atoms with Gasteiger partial charge in [0.15, 0.2) is 0 Å². The van der Waals surface area contributed by atoms with Crippen LogP contribution in [0.4, 0.5) is 5.00 Å². The highest BCUT2D eigenvalue weighted by Gasteiger charge is 2.53. The van der Waals surface area contributed by atoms with E-state index >= 15 is 0 Å². The Bertz CT molecular complexity index is 386. The second-order valence-electron chi connectivity index (χ2n) is 3.96. The molecule has 2 rings (SSSR count). The van der Waals surface area contributed by atoms with E-state index in [2.05, 4.69) is 0 Å². The number of hydrogen-bond acceptors (Lipinski definition) is 5. The zero-order valence-electron chi connectivity index (χ0n) is 8.05. The van der Waals surface area contributed by atoms with Crippen molar-refractivity contribution in [2.75, 3.05) is 13.2 Å². The van der Waals surface area contributed by atoms with Crippen molar-refractivity contribution in [2.24, 2.45) is 11.1 Å². The van der Waals surface area contributed by atoms with Gasteiger partial charge in [-0.1, -0.05) is 11.3 Å². The molecule has 3 N–H and O–H groups in total. The highest BCUT2D eigenvalue weighted by atomic mass is 32.1. The molecule has 1 aromatic heterocycles. The van der Waals surface area contributed by atoms with Crippen molar-refractivity contribution in [3.63, 3.8) is 0 Å². The van der Waals surface area contributed by atoms with Gasteiger partial charge in [-0.25, -0.2) is 0 Å². The van der Waals surface area contributed by atoms with Crippen LogP contribution < -0.4 is 5.73 Å². The number of nitrogens with zero attached hydrogens (tertiary/aromatic N) is 1. The van der Waals surface area contributed by atoms with E-state index in [0.717, 1.165) is 23.3 Å². The van der Waals surface area contributed by atoms with Crippen LogP contribution in [0.1, 0.15) is 17.9 Å². The third-order valence-corrected chi connectivity index (χ3v) is 4.00. The van der Waals surface area contributed by atoms with Gasteiger partial charge in [-0.3, -0.25) is 10.1 Å². The van der Waals surface area contributed by atoms with Gasteiger partial charge in [0.2, 0.25) is 0 Å². The van der Waals surface area contributed by atoms with E-state index in [9.17, 15) is 15.2 Å². The summed E-state index contributed by atoms with van der Waals surface area (Å²) >= 11 is 1.13. The summed E-state index contributed by atoms with van der Waals surface area (Å²) in [6.07, 6.45) is 0.827. The van der Waals surface area contributed by atoms with Crippen LogP contribution in [0.25, 0.3) is 0 Å². The average molecular weight is 228 g/mol. The van der Waals surface area contributed by atoms with Crippen LogP contribution in [0.2, 0.25) is 0 Å². The number of aliphatic hydroxyl groups excluding tert-OH is 1. The maximum atomic E-state index is 10.5. The van der Waals surface area contributed by atoms with Crippen molar-refractivity contribution in [3.05, 3.63) is 27.1 Å². The van der Waals surface area contributed by atoms with Crippen molar-refractivity contribution >= 4 is 16.3 Å². The van der Waals surface area contributed by atoms with Crippen LogP contribution in [0, 0.1) is 15.5 Å². The van der Waals surface area contributed by atoms with Gasteiger partial charge in [-0.05, 0) is 17.9 Å². The van der Waals surface area contributed by atoms with Crippen molar-refractivity contribution in [1.82, 2.24) is 0 Å². The SMILES string of the molecule is NCC1(CO)CC1c1csc([N+](=O)[O-])c1. The van der Waals surface area contributed by atoms with E-state index in [1.165, 1.54) is 0 Å². The van der Waals surface area contributed by atoms with Crippen molar-refractivity contribution in [1.29, 1.82) is 0 Å². The van der Waals surface area contributed by atoms with Gasteiger partial charge in [0.05, 0.1) is 11.5 Å². The lowest BCUT2D eigenvalue weighted by Gasteiger charge is -2.09. The highest BCUT2D eigenvalue weighted by molar-refractivity contribution is 7.13. The molecule has 0 radical (unpaired) electrons. The third-order valence-electron chi connectivity index (χ3n) is 3.10. The minimum atomic E-state index is -0.389. The Morgan fingerprint density at radius 1 is 1.80 bits per heavy atom. The maximum absolute atomic E-state index is 10.5. The lowest BCUT2D eigenvalue weighted by Crippen LogP contribution is -2.21. The topological polar surface area (TPSA) is 89.4 Å². The molecular weight excluding hydrogens is 216 g/mol. The number of nitro groups is 1. The summed E-state index contributed by atoms with van der Waals surface area (Å²) in [4.78, 5) is 10.1. The van der Waals surface area contributed by atoms with Crippen LogP contribution in [-0.4, -0.2) is 23.2 Å². The lowest BCUT2D eigenvalue weighted by molar-refractivity contribution is -0.380. The van der Waals surface area contributed by atoms with E-state index in [1.54, 1.807) is 11.4 Å². The van der Waals surface area contributed by atoms with Gasteiger partial charge in [0, 0.05) is 23.4 Å². The van der Waals surface area contributed by atoms with E-state index in [-0.39, 0.29) is 27.9 Å². The summed E-state index contributed by atoms with van der Waals surface area (Å²) in [7, 11) is 0. The van der Waals surface area contributed by atoms with Crippen LogP contribution in [0.15, 0.2) is 11.4 Å². The fraction of sp³-hybridized carbons (Fsp3) is 0.556. The molecule has 0 bridgehead atoms. The molecular formula is C9H12N2O3S. The lowest BCUT2D eigenvalue weighted by atomic mass is 10.0. The molecule has 82 valence electrons. The average Bonchev–Trinajstić information content (AvgIpc) is 2.76. The Balaban J connectivity index is 2.16. The molecule has 15 heavy (non-hydrogen) atoms. The van der Waals surface area contributed by atoms with E-state index < -0.39 is 0 Å². The van der Waals surface area contributed by atoms with Gasteiger partial charge in [0.1, 0.15) is 0 Å². The fourth-order valence-electron chi connectivity index (χ4n) is 1.90. The third kappa shape index (κ3) is 1.64. The number of thiophene rings is 1. The van der Waals surface area contributed by atoms with Gasteiger partial charge >= 0.3 is 5.00 Å². The second kappa shape index (κ2) is 3.55. The molecule has 1 saturated carbocycles. The molecule has 0 amide bonds. The van der Waals surface area contributed by atoms with Crippen LogP contribution >= 0.6 is 11.3 Å². The summed E-state index contributed by atoms with van der Waals surface area (Å²) in [5.74, 6) is 0.192. The standard InChI is InChI=1S/C9H12N2O3S/c10-4-9(5-12)2-7(9)6-1-8(11(13)14)15-3-6/h1,3,7,12H,2,4-5,10H2. The first-order valence-corrected chi connectivity index (χ1v) is 5.54. The molecule has 2 atom stereocenters. The quantitative estimate of drug-likeness (QED) is 0.596. The molecule has 1 aliphatic carbocycles. The summed E-state index contributed by atoms with van der Waals surface area (Å²) in [6.45, 7) is 0.482. The minimum absolute atomic E-state index is 0.0534. The predicted octanol–water partition coefficient (Wildman–Crippen LogP) is 1.08. The van der Waals surface area contributed by atoms with Crippen molar-refractivity contribution in [2.45, 2.75) is 12.3 Å². The Labute approximate surface area is 90.7 Å². The zero-order chi connectivity index (χ0) is 11.1. The molecule has 0 saturated heterocycles. The van der Waals surface area contributed by atoms with E-state index in [0.29, 0.717) is 6.54 Å². The molecule has 2 unspecified atom stereocenters. The molecule has 0 spiro atoms. The van der Waals surface area contributed by atoms with Gasteiger partial charge < -0.3 is 10.8 Å². The van der Waals surface area contributed by atoms with E-state index in [1.807, 2.05) is 0 Å². The molecule has 0 aliphatic heterocycles. The number of aliphatic hydroxyl groups is 1. The normalized spacial score (nSPS) is 29.1. The predicted molar refractivity (Wildman–Crippen MR) is 56.9 cm³/mol. The molecule has 6 heteroatoms. The summed E-state index contributed by atoms with van der Waals surface area (Å²) in [5.41, 5.74) is 6.29. The Kier molecular flexibility index (Phi) is 2.49. The number of nitrogens with two attached hydrogens (primary N) is 1. The summed E-state index contributed by atoms with van der Waals surface area (Å²) < 4.78 is 0. The Morgan fingerprint density at radius 3 is 2.93 bits per heavy atom. The summed E-state index contributed by atoms with van der Waals surface area (Å²) in [5, 5.41) is 21.6. The number of rotatable bonds is 4. The van der Waals surface area contributed by atoms with Crippen LogP contribution in [-0.2, 0) is 0 Å². The van der Waals surface area contributed by atoms with Crippen LogP contribution in [0.3, 0.4) is 0 Å². The zero-order valence-corrected chi connectivity index (χ0v) is 8.87. The van der Waals surface area contributed by atoms with E-state index in [4.69, 9.17) is 5.73 Å². The monoisotopic (exact) mass is 228 g/mol.